The summed E-state index contributed by atoms with van der Waals surface area (Å²) in [4.78, 5) is 22.4. The first-order valence-corrected chi connectivity index (χ1v) is 6.96. The van der Waals surface area contributed by atoms with Crippen molar-refractivity contribution in [3.05, 3.63) is 18.5 Å². The molecule has 0 bridgehead atoms. The number of anilines is 1. The van der Waals surface area contributed by atoms with E-state index in [9.17, 15) is 4.79 Å². The van der Waals surface area contributed by atoms with E-state index in [1.54, 1.807) is 12.4 Å². The molecule has 1 aromatic rings. The standard InChI is InChI=1S/C14H22N4O/c1-11(2)10-13(19)17-12-4-8-18(9-5-12)14-15-6-3-7-16-14/h3,6-7,11-12H,4-5,8-10H2,1-2H3,(H,17,19). The normalized spacial score (nSPS) is 16.7. The van der Waals surface area contributed by atoms with Crippen molar-refractivity contribution in [3.63, 3.8) is 0 Å². The van der Waals surface area contributed by atoms with Crippen molar-refractivity contribution >= 4 is 11.9 Å². The summed E-state index contributed by atoms with van der Waals surface area (Å²) < 4.78 is 0. The molecule has 2 heterocycles. The van der Waals surface area contributed by atoms with Gasteiger partial charge in [-0.2, -0.15) is 0 Å². The summed E-state index contributed by atoms with van der Waals surface area (Å²) in [5.41, 5.74) is 0. The van der Waals surface area contributed by atoms with Crippen LogP contribution in [-0.4, -0.2) is 35.0 Å². The van der Waals surface area contributed by atoms with Gasteiger partial charge in [0.15, 0.2) is 0 Å². The van der Waals surface area contributed by atoms with Gasteiger partial charge in [-0.05, 0) is 24.8 Å². The predicted octanol–water partition coefficient (Wildman–Crippen LogP) is 1.61. The Morgan fingerprint density at radius 3 is 2.58 bits per heavy atom. The summed E-state index contributed by atoms with van der Waals surface area (Å²) >= 11 is 0. The molecule has 19 heavy (non-hydrogen) atoms. The lowest BCUT2D eigenvalue weighted by atomic mass is 10.0. The fourth-order valence-corrected chi connectivity index (χ4v) is 2.34. The Morgan fingerprint density at radius 2 is 2.00 bits per heavy atom. The number of hydrogen-bond acceptors (Lipinski definition) is 4. The molecule has 2 rings (SSSR count). The van der Waals surface area contributed by atoms with Crippen LogP contribution in [0, 0.1) is 5.92 Å². The van der Waals surface area contributed by atoms with Crippen LogP contribution in [0.4, 0.5) is 5.95 Å². The molecule has 0 saturated carbocycles. The molecule has 0 aromatic carbocycles. The van der Waals surface area contributed by atoms with Crippen molar-refractivity contribution < 1.29 is 4.79 Å². The van der Waals surface area contributed by atoms with E-state index in [0.29, 0.717) is 18.4 Å². The van der Waals surface area contributed by atoms with Crippen molar-refractivity contribution in [2.75, 3.05) is 18.0 Å². The fourth-order valence-electron chi connectivity index (χ4n) is 2.34. The van der Waals surface area contributed by atoms with Crippen LogP contribution in [0.1, 0.15) is 33.1 Å². The van der Waals surface area contributed by atoms with Crippen LogP contribution in [0.15, 0.2) is 18.5 Å². The highest BCUT2D eigenvalue weighted by atomic mass is 16.1. The maximum absolute atomic E-state index is 11.7. The van der Waals surface area contributed by atoms with Gasteiger partial charge in [0.2, 0.25) is 11.9 Å². The summed E-state index contributed by atoms with van der Waals surface area (Å²) in [6.45, 7) is 5.93. The van der Waals surface area contributed by atoms with E-state index < -0.39 is 0 Å². The maximum Gasteiger partial charge on any atom is 0.225 e. The molecule has 0 radical (unpaired) electrons. The van der Waals surface area contributed by atoms with Gasteiger partial charge in [-0.25, -0.2) is 9.97 Å². The zero-order valence-electron chi connectivity index (χ0n) is 11.7. The van der Waals surface area contributed by atoms with Crippen LogP contribution in [0.5, 0.6) is 0 Å². The molecule has 0 atom stereocenters. The number of carbonyl (C=O) groups is 1. The third-order valence-electron chi connectivity index (χ3n) is 3.29. The van der Waals surface area contributed by atoms with Gasteiger partial charge in [-0.15, -0.1) is 0 Å². The number of aromatic nitrogens is 2. The van der Waals surface area contributed by atoms with Gasteiger partial charge in [-0.3, -0.25) is 4.79 Å². The van der Waals surface area contributed by atoms with Crippen LogP contribution < -0.4 is 10.2 Å². The highest BCUT2D eigenvalue weighted by molar-refractivity contribution is 5.76. The summed E-state index contributed by atoms with van der Waals surface area (Å²) in [7, 11) is 0. The first-order valence-electron chi connectivity index (χ1n) is 6.96. The van der Waals surface area contributed by atoms with Crippen molar-refractivity contribution in [1.82, 2.24) is 15.3 Å². The lowest BCUT2D eigenvalue weighted by Gasteiger charge is -2.32. The maximum atomic E-state index is 11.7. The molecule has 5 heteroatoms. The Kier molecular flexibility index (Phi) is 4.71. The Morgan fingerprint density at radius 1 is 1.37 bits per heavy atom. The van der Waals surface area contributed by atoms with Gasteiger partial charge in [0.25, 0.3) is 0 Å². The molecule has 1 aromatic heterocycles. The van der Waals surface area contributed by atoms with Crippen LogP contribution >= 0.6 is 0 Å². The Bertz CT molecular complexity index is 399. The third-order valence-corrected chi connectivity index (χ3v) is 3.29. The van der Waals surface area contributed by atoms with Crippen LogP contribution in [-0.2, 0) is 4.79 Å². The van der Waals surface area contributed by atoms with Gasteiger partial charge in [-0.1, -0.05) is 13.8 Å². The van der Waals surface area contributed by atoms with Gasteiger partial charge >= 0.3 is 0 Å². The molecular weight excluding hydrogens is 240 g/mol. The van der Waals surface area contributed by atoms with Gasteiger partial charge in [0.05, 0.1) is 0 Å². The minimum atomic E-state index is 0.171. The second-order valence-electron chi connectivity index (χ2n) is 5.48. The second-order valence-corrected chi connectivity index (χ2v) is 5.48. The average molecular weight is 262 g/mol. The number of hydrogen-bond donors (Lipinski definition) is 1. The molecule has 1 N–H and O–H groups in total. The summed E-state index contributed by atoms with van der Waals surface area (Å²) in [5, 5.41) is 3.12. The third kappa shape index (κ3) is 4.19. The Hall–Kier alpha value is -1.65. The average Bonchev–Trinajstić information content (AvgIpc) is 2.39. The summed E-state index contributed by atoms with van der Waals surface area (Å²) in [5.74, 6) is 1.37. The number of carbonyl (C=O) groups excluding carboxylic acids is 1. The second kappa shape index (κ2) is 6.50. The van der Waals surface area contributed by atoms with Crippen LogP contribution in [0.2, 0.25) is 0 Å². The lowest BCUT2D eigenvalue weighted by molar-refractivity contribution is -0.122. The SMILES string of the molecule is CC(C)CC(=O)NC1CCN(c2ncccn2)CC1. The van der Waals surface area contributed by atoms with Crippen molar-refractivity contribution in [2.45, 2.75) is 39.2 Å². The zero-order valence-corrected chi connectivity index (χ0v) is 11.7. The number of nitrogens with zero attached hydrogens (tertiary/aromatic N) is 3. The minimum absolute atomic E-state index is 0.171. The highest BCUT2D eigenvalue weighted by Crippen LogP contribution is 2.15. The molecule has 1 saturated heterocycles. The largest absolute Gasteiger partial charge is 0.353 e. The van der Waals surface area contributed by atoms with Crippen molar-refractivity contribution in [1.29, 1.82) is 0 Å². The smallest absolute Gasteiger partial charge is 0.225 e. The molecular formula is C14H22N4O. The first-order chi connectivity index (χ1) is 9.15. The van der Waals surface area contributed by atoms with E-state index in [1.807, 2.05) is 6.07 Å². The molecule has 0 aliphatic carbocycles. The number of nitrogens with one attached hydrogen (secondary N) is 1. The van der Waals surface area contributed by atoms with Crippen molar-refractivity contribution in [2.24, 2.45) is 5.92 Å². The molecule has 1 aliphatic heterocycles. The lowest BCUT2D eigenvalue weighted by Crippen LogP contribution is -2.45. The highest BCUT2D eigenvalue weighted by Gasteiger charge is 2.22. The molecule has 1 amide bonds. The molecule has 5 nitrogen and oxygen atoms in total. The van der Waals surface area contributed by atoms with Crippen LogP contribution in [0.25, 0.3) is 0 Å². The first kappa shape index (κ1) is 13.8. The Balaban J connectivity index is 1.78. The Labute approximate surface area is 114 Å². The van der Waals surface area contributed by atoms with Crippen LogP contribution in [0.3, 0.4) is 0 Å². The minimum Gasteiger partial charge on any atom is -0.353 e. The monoisotopic (exact) mass is 262 g/mol. The van der Waals surface area contributed by atoms with E-state index >= 15 is 0 Å². The van der Waals surface area contributed by atoms with E-state index in [-0.39, 0.29) is 5.91 Å². The molecule has 104 valence electrons. The van der Waals surface area contributed by atoms with E-state index in [2.05, 4.69) is 34.0 Å². The van der Waals surface area contributed by atoms with Gasteiger partial charge in [0.1, 0.15) is 0 Å². The van der Waals surface area contributed by atoms with E-state index in [4.69, 9.17) is 0 Å². The zero-order chi connectivity index (χ0) is 13.7. The van der Waals surface area contributed by atoms with Gasteiger partial charge < -0.3 is 10.2 Å². The number of amides is 1. The number of piperidine rings is 1. The van der Waals surface area contributed by atoms with Crippen molar-refractivity contribution in [3.8, 4) is 0 Å². The van der Waals surface area contributed by atoms with E-state index in [0.717, 1.165) is 31.9 Å². The summed E-state index contributed by atoms with van der Waals surface area (Å²) in [6.07, 6.45) is 6.06. The molecule has 1 fully saturated rings. The quantitative estimate of drug-likeness (QED) is 0.895. The molecule has 0 unspecified atom stereocenters. The molecule has 0 spiro atoms. The predicted molar refractivity (Wildman–Crippen MR) is 74.9 cm³/mol. The van der Waals surface area contributed by atoms with Gasteiger partial charge in [0, 0.05) is 37.9 Å². The fraction of sp³-hybridized carbons (Fsp3) is 0.643. The number of rotatable bonds is 4. The summed E-state index contributed by atoms with van der Waals surface area (Å²) in [6, 6.07) is 2.12. The molecule has 1 aliphatic rings. The topological polar surface area (TPSA) is 58.1 Å². The van der Waals surface area contributed by atoms with E-state index in [1.165, 1.54) is 0 Å².